The van der Waals surface area contributed by atoms with Crippen molar-refractivity contribution in [1.29, 1.82) is 0 Å². The molecule has 0 heterocycles. The number of benzene rings is 4. The third-order valence-electron chi connectivity index (χ3n) is 7.25. The zero-order valence-corrected chi connectivity index (χ0v) is 28.1. The van der Waals surface area contributed by atoms with Crippen LogP contribution in [-0.4, -0.2) is 50.4 Å². The van der Waals surface area contributed by atoms with Gasteiger partial charge in [0.15, 0.2) is 0 Å². The van der Waals surface area contributed by atoms with Gasteiger partial charge in [-0.05, 0) is 87.4 Å². The quantitative estimate of drug-likeness (QED) is 0.169. The molecular formula is C36H40ClN3O5S. The fourth-order valence-corrected chi connectivity index (χ4v) is 6.62. The molecule has 0 aliphatic rings. The van der Waals surface area contributed by atoms with Crippen LogP contribution < -0.4 is 14.4 Å². The van der Waals surface area contributed by atoms with Crippen molar-refractivity contribution in [2.75, 3.05) is 17.5 Å². The van der Waals surface area contributed by atoms with Gasteiger partial charge in [0.2, 0.25) is 11.8 Å². The summed E-state index contributed by atoms with van der Waals surface area (Å²) in [6.45, 7) is 7.52. The average molecular weight is 662 g/mol. The molecule has 0 aromatic heterocycles. The van der Waals surface area contributed by atoms with E-state index in [2.05, 4.69) is 5.32 Å². The Morgan fingerprint density at radius 3 is 2.13 bits per heavy atom. The molecule has 0 spiro atoms. The number of rotatable bonds is 14. The Labute approximate surface area is 277 Å². The van der Waals surface area contributed by atoms with Crippen LogP contribution in [0.1, 0.15) is 37.5 Å². The molecule has 0 radical (unpaired) electrons. The predicted molar refractivity (Wildman–Crippen MR) is 183 cm³/mol. The molecule has 4 aromatic rings. The van der Waals surface area contributed by atoms with Crippen molar-refractivity contribution in [2.45, 2.75) is 57.6 Å². The fourth-order valence-electron chi connectivity index (χ4n) is 5.08. The van der Waals surface area contributed by atoms with Crippen LogP contribution in [0.4, 0.5) is 5.69 Å². The van der Waals surface area contributed by atoms with E-state index in [9.17, 15) is 18.0 Å². The van der Waals surface area contributed by atoms with Crippen LogP contribution in [0.25, 0.3) is 0 Å². The molecular weight excluding hydrogens is 622 g/mol. The number of hydrogen-bond donors (Lipinski definition) is 1. The molecule has 10 heteroatoms. The van der Waals surface area contributed by atoms with Crippen LogP contribution in [0.2, 0.25) is 5.02 Å². The first kappa shape index (κ1) is 34.5. The normalized spacial score (nSPS) is 12.0. The van der Waals surface area contributed by atoms with Gasteiger partial charge in [-0.1, -0.05) is 71.8 Å². The van der Waals surface area contributed by atoms with Gasteiger partial charge >= 0.3 is 0 Å². The van der Waals surface area contributed by atoms with E-state index in [1.54, 1.807) is 24.3 Å². The van der Waals surface area contributed by atoms with Crippen molar-refractivity contribution in [3.8, 4) is 5.75 Å². The second kappa shape index (κ2) is 15.8. The minimum absolute atomic E-state index is 0.0257. The smallest absolute Gasteiger partial charge is 0.264 e. The first-order valence-electron chi connectivity index (χ1n) is 15.2. The maximum Gasteiger partial charge on any atom is 0.264 e. The van der Waals surface area contributed by atoms with Crippen LogP contribution in [0.5, 0.6) is 5.75 Å². The van der Waals surface area contributed by atoms with Crippen molar-refractivity contribution >= 4 is 39.1 Å². The molecule has 1 atom stereocenters. The summed E-state index contributed by atoms with van der Waals surface area (Å²) < 4.78 is 34.9. The first-order valence-corrected chi connectivity index (χ1v) is 17.0. The van der Waals surface area contributed by atoms with Crippen LogP contribution in [0.3, 0.4) is 0 Å². The molecule has 8 nitrogen and oxygen atoms in total. The van der Waals surface area contributed by atoms with E-state index in [1.807, 2.05) is 82.3 Å². The number of hydrogen-bond acceptors (Lipinski definition) is 5. The zero-order valence-electron chi connectivity index (χ0n) is 26.5. The highest BCUT2D eigenvalue weighted by atomic mass is 35.5. The van der Waals surface area contributed by atoms with Gasteiger partial charge in [0.25, 0.3) is 10.0 Å². The average Bonchev–Trinajstić information content (AvgIpc) is 3.02. The molecule has 4 rings (SSSR count). The molecule has 0 saturated carbocycles. The van der Waals surface area contributed by atoms with E-state index >= 15 is 0 Å². The summed E-state index contributed by atoms with van der Waals surface area (Å²) in [7, 11) is -4.24. The Morgan fingerprint density at radius 2 is 1.52 bits per heavy atom. The largest absolute Gasteiger partial charge is 0.494 e. The lowest BCUT2D eigenvalue weighted by atomic mass is 10.0. The number of halogens is 1. The first-order chi connectivity index (χ1) is 22.0. The van der Waals surface area contributed by atoms with E-state index < -0.39 is 28.5 Å². The summed E-state index contributed by atoms with van der Waals surface area (Å²) in [6, 6.07) is 28.4. The number of carbonyl (C=O) groups is 2. The summed E-state index contributed by atoms with van der Waals surface area (Å²) in [5.41, 5.74) is 2.95. The molecule has 0 unspecified atom stereocenters. The van der Waals surface area contributed by atoms with Gasteiger partial charge in [-0.3, -0.25) is 13.9 Å². The fraction of sp³-hybridized carbons (Fsp3) is 0.278. The van der Waals surface area contributed by atoms with Crippen LogP contribution >= 0.6 is 11.6 Å². The Bertz CT molecular complexity index is 1710. The van der Waals surface area contributed by atoms with Gasteiger partial charge in [-0.2, -0.15) is 0 Å². The number of nitrogens with one attached hydrogen (secondary N) is 1. The highest BCUT2D eigenvalue weighted by molar-refractivity contribution is 7.92. The minimum Gasteiger partial charge on any atom is -0.494 e. The molecule has 0 bridgehead atoms. The SMILES string of the molecule is CCOc1ccc(N(CC(=O)N(Cc2cccc(C)c2)[C@@H](Cc2ccccc2)C(=O)NC(C)C)S(=O)(=O)c2ccc(Cl)cc2)cc1. The number of amides is 2. The van der Waals surface area contributed by atoms with Crippen LogP contribution in [0.15, 0.2) is 108 Å². The zero-order chi connectivity index (χ0) is 33.3. The Hall–Kier alpha value is -4.34. The number of carbonyl (C=O) groups excluding carboxylic acids is 2. The van der Waals surface area contributed by atoms with Gasteiger partial charge in [0.05, 0.1) is 17.2 Å². The van der Waals surface area contributed by atoms with Crippen molar-refractivity contribution in [2.24, 2.45) is 0 Å². The lowest BCUT2D eigenvalue weighted by Crippen LogP contribution is -2.54. The number of anilines is 1. The number of aryl methyl sites for hydroxylation is 1. The topological polar surface area (TPSA) is 96.0 Å². The molecule has 0 saturated heterocycles. The van der Waals surface area contributed by atoms with E-state index in [-0.39, 0.29) is 35.5 Å². The van der Waals surface area contributed by atoms with Crippen molar-refractivity contribution in [3.05, 3.63) is 125 Å². The van der Waals surface area contributed by atoms with E-state index in [0.717, 1.165) is 21.0 Å². The Balaban J connectivity index is 1.80. The summed E-state index contributed by atoms with van der Waals surface area (Å²) in [4.78, 5) is 29.8. The maximum absolute atomic E-state index is 14.5. The molecule has 2 amide bonds. The lowest BCUT2D eigenvalue weighted by molar-refractivity contribution is -0.140. The molecule has 1 N–H and O–H groups in total. The molecule has 0 fully saturated rings. The molecule has 0 aliphatic heterocycles. The van der Waals surface area contributed by atoms with Gasteiger partial charge in [-0.25, -0.2) is 8.42 Å². The van der Waals surface area contributed by atoms with E-state index in [0.29, 0.717) is 17.4 Å². The lowest BCUT2D eigenvalue weighted by Gasteiger charge is -2.34. The van der Waals surface area contributed by atoms with Gasteiger partial charge in [0.1, 0.15) is 18.3 Å². The number of ether oxygens (including phenoxy) is 1. The summed E-state index contributed by atoms with van der Waals surface area (Å²) in [5.74, 6) is -0.295. The highest BCUT2D eigenvalue weighted by Crippen LogP contribution is 2.28. The highest BCUT2D eigenvalue weighted by Gasteiger charge is 2.35. The Kier molecular flexibility index (Phi) is 11.8. The van der Waals surface area contributed by atoms with E-state index in [4.69, 9.17) is 16.3 Å². The van der Waals surface area contributed by atoms with Crippen molar-refractivity contribution in [3.63, 3.8) is 0 Å². The second-order valence-electron chi connectivity index (χ2n) is 11.3. The summed E-state index contributed by atoms with van der Waals surface area (Å²) >= 11 is 6.07. The van der Waals surface area contributed by atoms with Crippen LogP contribution in [-0.2, 0) is 32.6 Å². The van der Waals surface area contributed by atoms with Gasteiger partial charge in [0, 0.05) is 24.0 Å². The molecule has 242 valence electrons. The van der Waals surface area contributed by atoms with Crippen molar-refractivity contribution in [1.82, 2.24) is 10.2 Å². The monoisotopic (exact) mass is 661 g/mol. The Morgan fingerprint density at radius 1 is 0.870 bits per heavy atom. The molecule has 0 aliphatic carbocycles. The molecule has 4 aromatic carbocycles. The summed E-state index contributed by atoms with van der Waals surface area (Å²) in [5, 5.41) is 3.35. The predicted octanol–water partition coefficient (Wildman–Crippen LogP) is 6.41. The van der Waals surface area contributed by atoms with Crippen molar-refractivity contribution < 1.29 is 22.7 Å². The van der Waals surface area contributed by atoms with Gasteiger partial charge < -0.3 is 15.0 Å². The number of nitrogens with zero attached hydrogens (tertiary/aromatic N) is 2. The minimum atomic E-state index is -4.24. The standard InChI is InChI=1S/C36H40ClN3O5S/c1-5-45-32-18-16-31(17-19-32)40(46(43,44)33-20-14-30(37)15-21-33)25-35(41)39(24-29-13-9-10-27(4)22-29)34(36(42)38-26(2)3)23-28-11-7-6-8-12-28/h6-22,26,34H,5,23-25H2,1-4H3,(H,38,42)/t34-/m0/s1. The maximum atomic E-state index is 14.5. The van der Waals surface area contributed by atoms with Gasteiger partial charge in [-0.15, -0.1) is 0 Å². The molecule has 46 heavy (non-hydrogen) atoms. The third-order valence-corrected chi connectivity index (χ3v) is 9.29. The second-order valence-corrected chi connectivity index (χ2v) is 13.6. The summed E-state index contributed by atoms with van der Waals surface area (Å²) in [6.07, 6.45) is 0.240. The van der Waals surface area contributed by atoms with E-state index in [1.165, 1.54) is 29.2 Å². The number of sulfonamides is 1. The third kappa shape index (κ3) is 9.11. The van der Waals surface area contributed by atoms with Crippen LogP contribution in [0, 0.1) is 6.92 Å².